The Balaban J connectivity index is 4.10. The van der Waals surface area contributed by atoms with E-state index in [0.29, 0.717) is 19.3 Å². The van der Waals surface area contributed by atoms with E-state index in [1.165, 1.54) is 295 Å². The number of hydrogen-bond acceptors (Lipinski definition) is 6. The zero-order chi connectivity index (χ0) is 54.3. The molecule has 0 aromatic carbocycles. The highest BCUT2D eigenvalue weighted by Gasteiger charge is 2.19. The zero-order valence-corrected chi connectivity index (χ0v) is 51.1. The molecular weight excluding hydrogens is 925 g/mol. The summed E-state index contributed by atoms with van der Waals surface area (Å²) >= 11 is 0. The van der Waals surface area contributed by atoms with Crippen molar-refractivity contribution in [3.05, 3.63) is 12.2 Å². The van der Waals surface area contributed by atoms with Gasteiger partial charge in [-0.1, -0.05) is 341 Å². The summed E-state index contributed by atoms with van der Waals surface area (Å²) in [6.45, 7) is 6.70. The van der Waals surface area contributed by atoms with E-state index in [4.69, 9.17) is 14.2 Å². The van der Waals surface area contributed by atoms with Crippen molar-refractivity contribution in [1.29, 1.82) is 0 Å². The smallest absolute Gasteiger partial charge is 0.306 e. The summed E-state index contributed by atoms with van der Waals surface area (Å²) in [7, 11) is 0. The van der Waals surface area contributed by atoms with E-state index in [2.05, 4.69) is 32.9 Å². The van der Waals surface area contributed by atoms with Crippen molar-refractivity contribution in [2.24, 2.45) is 0 Å². The molecule has 0 spiro atoms. The van der Waals surface area contributed by atoms with E-state index < -0.39 is 6.10 Å². The second-order valence-corrected chi connectivity index (χ2v) is 23.5. The number of carbonyl (C=O) groups excluding carboxylic acids is 3. The topological polar surface area (TPSA) is 78.9 Å². The highest BCUT2D eigenvalue weighted by atomic mass is 16.6. The molecule has 0 aliphatic heterocycles. The fourth-order valence-corrected chi connectivity index (χ4v) is 10.6. The molecule has 0 aliphatic rings. The molecule has 0 rings (SSSR count). The lowest BCUT2D eigenvalue weighted by atomic mass is 10.0. The van der Waals surface area contributed by atoms with E-state index in [1.54, 1.807) is 0 Å². The van der Waals surface area contributed by atoms with Gasteiger partial charge in [-0.05, 0) is 44.9 Å². The third-order valence-corrected chi connectivity index (χ3v) is 15.8. The van der Waals surface area contributed by atoms with Crippen LogP contribution in [0.25, 0.3) is 0 Å². The van der Waals surface area contributed by atoms with Crippen LogP contribution in [-0.2, 0) is 28.6 Å². The van der Waals surface area contributed by atoms with Gasteiger partial charge >= 0.3 is 17.9 Å². The molecule has 0 aromatic rings. The fraction of sp³-hybridized carbons (Fsp3) is 0.928. The summed E-state index contributed by atoms with van der Waals surface area (Å²) in [5.74, 6) is -0.838. The Kier molecular flexibility index (Phi) is 63.1. The third kappa shape index (κ3) is 62.9. The lowest BCUT2D eigenvalue weighted by Crippen LogP contribution is -2.30. The Bertz CT molecular complexity index is 1170. The van der Waals surface area contributed by atoms with Crippen LogP contribution < -0.4 is 0 Å². The Hall–Kier alpha value is -1.85. The van der Waals surface area contributed by atoms with Crippen LogP contribution in [0.1, 0.15) is 393 Å². The van der Waals surface area contributed by atoms with Crippen LogP contribution in [0.3, 0.4) is 0 Å². The van der Waals surface area contributed by atoms with Crippen molar-refractivity contribution in [2.45, 2.75) is 399 Å². The van der Waals surface area contributed by atoms with Gasteiger partial charge in [0, 0.05) is 19.3 Å². The molecule has 0 aliphatic carbocycles. The van der Waals surface area contributed by atoms with Crippen molar-refractivity contribution in [2.75, 3.05) is 13.2 Å². The Morgan fingerprint density at radius 1 is 0.253 bits per heavy atom. The van der Waals surface area contributed by atoms with Crippen molar-refractivity contribution < 1.29 is 28.6 Å². The molecular formula is C69H132O6. The van der Waals surface area contributed by atoms with Crippen LogP contribution in [0.5, 0.6) is 0 Å². The second kappa shape index (κ2) is 64.7. The molecule has 0 saturated heterocycles. The summed E-state index contributed by atoms with van der Waals surface area (Å²) in [5.41, 5.74) is 0. The van der Waals surface area contributed by atoms with Gasteiger partial charge in [-0.2, -0.15) is 0 Å². The maximum Gasteiger partial charge on any atom is 0.306 e. The summed E-state index contributed by atoms with van der Waals surface area (Å²) in [6.07, 6.45) is 76.8. The first-order valence-electron chi connectivity index (χ1n) is 34.2. The van der Waals surface area contributed by atoms with Gasteiger partial charge in [-0.25, -0.2) is 0 Å². The van der Waals surface area contributed by atoms with E-state index in [0.717, 1.165) is 57.8 Å². The molecule has 75 heavy (non-hydrogen) atoms. The number of ether oxygens (including phenoxy) is 3. The van der Waals surface area contributed by atoms with Gasteiger partial charge in [0.2, 0.25) is 0 Å². The van der Waals surface area contributed by atoms with Crippen molar-refractivity contribution in [3.8, 4) is 0 Å². The third-order valence-electron chi connectivity index (χ3n) is 15.8. The average Bonchev–Trinajstić information content (AvgIpc) is 3.41. The molecule has 0 amide bonds. The minimum atomic E-state index is -0.766. The van der Waals surface area contributed by atoms with Crippen LogP contribution in [-0.4, -0.2) is 37.2 Å². The van der Waals surface area contributed by atoms with E-state index in [9.17, 15) is 14.4 Å². The lowest BCUT2D eigenvalue weighted by Gasteiger charge is -2.18. The average molecular weight is 1060 g/mol. The lowest BCUT2D eigenvalue weighted by molar-refractivity contribution is -0.167. The number of esters is 3. The molecule has 1 unspecified atom stereocenters. The monoisotopic (exact) mass is 1060 g/mol. The largest absolute Gasteiger partial charge is 0.462 e. The zero-order valence-electron chi connectivity index (χ0n) is 51.1. The predicted molar refractivity (Wildman–Crippen MR) is 326 cm³/mol. The number of carbonyl (C=O) groups is 3. The Labute approximate surface area is 469 Å². The minimum absolute atomic E-state index is 0.0644. The molecule has 0 N–H and O–H groups in total. The van der Waals surface area contributed by atoms with Crippen molar-refractivity contribution in [3.63, 3.8) is 0 Å². The number of unbranched alkanes of at least 4 members (excludes halogenated alkanes) is 51. The molecule has 0 fully saturated rings. The Morgan fingerprint density at radius 2 is 0.440 bits per heavy atom. The predicted octanol–water partition coefficient (Wildman–Crippen LogP) is 23.2. The molecule has 0 heterocycles. The standard InChI is InChI=1S/C69H132O6/c1-4-7-10-13-16-19-22-24-26-28-30-31-32-33-34-35-36-37-38-40-41-43-45-47-50-53-56-59-62-68(71)74-65-66(64-73-67(70)61-58-55-52-49-21-18-15-12-9-6-3)75-69(72)63-60-57-54-51-48-46-44-42-39-29-27-25-23-20-17-14-11-8-5-2/h25,27,66H,4-24,26,28-65H2,1-3H3/b27-25-. The quantitative estimate of drug-likeness (QED) is 0.0261. The first-order valence-corrected chi connectivity index (χ1v) is 34.2. The first-order chi connectivity index (χ1) is 37.0. The highest BCUT2D eigenvalue weighted by Crippen LogP contribution is 2.19. The molecule has 0 aromatic heterocycles. The van der Waals surface area contributed by atoms with Gasteiger partial charge in [0.25, 0.3) is 0 Å². The van der Waals surface area contributed by atoms with Gasteiger partial charge in [0.05, 0.1) is 0 Å². The van der Waals surface area contributed by atoms with E-state index in [1.807, 2.05) is 0 Å². The van der Waals surface area contributed by atoms with Crippen LogP contribution >= 0.6 is 0 Å². The molecule has 0 bridgehead atoms. The summed E-state index contributed by atoms with van der Waals surface area (Å²) in [4.78, 5) is 38.3. The molecule has 444 valence electrons. The molecule has 1 atom stereocenters. The summed E-state index contributed by atoms with van der Waals surface area (Å²) in [5, 5.41) is 0. The fourth-order valence-electron chi connectivity index (χ4n) is 10.6. The van der Waals surface area contributed by atoms with Crippen LogP contribution in [0.15, 0.2) is 12.2 Å². The maximum absolute atomic E-state index is 12.9. The minimum Gasteiger partial charge on any atom is -0.462 e. The SMILES string of the molecule is CCCCCCCC/C=C\CCCCCCCCCCCC(=O)OC(COC(=O)CCCCCCCCCCCC)COC(=O)CCCCCCCCCCCCCCCCCCCCCCCCCCCCCC. The molecule has 6 nitrogen and oxygen atoms in total. The van der Waals surface area contributed by atoms with E-state index >= 15 is 0 Å². The van der Waals surface area contributed by atoms with Crippen molar-refractivity contribution in [1.82, 2.24) is 0 Å². The van der Waals surface area contributed by atoms with Gasteiger partial charge < -0.3 is 14.2 Å². The van der Waals surface area contributed by atoms with Crippen LogP contribution in [0.2, 0.25) is 0 Å². The highest BCUT2D eigenvalue weighted by molar-refractivity contribution is 5.71. The van der Waals surface area contributed by atoms with Gasteiger partial charge in [0.15, 0.2) is 6.10 Å². The number of rotatable bonds is 64. The summed E-state index contributed by atoms with van der Waals surface area (Å²) < 4.78 is 16.9. The molecule has 6 heteroatoms. The normalized spacial score (nSPS) is 12.0. The summed E-state index contributed by atoms with van der Waals surface area (Å²) in [6, 6.07) is 0. The van der Waals surface area contributed by atoms with Gasteiger partial charge in [-0.3, -0.25) is 14.4 Å². The molecule has 0 saturated carbocycles. The number of allylic oxidation sites excluding steroid dienone is 2. The number of hydrogen-bond donors (Lipinski definition) is 0. The van der Waals surface area contributed by atoms with Gasteiger partial charge in [-0.15, -0.1) is 0 Å². The van der Waals surface area contributed by atoms with Gasteiger partial charge in [0.1, 0.15) is 13.2 Å². The molecule has 0 radical (unpaired) electrons. The maximum atomic E-state index is 12.9. The first kappa shape index (κ1) is 73.2. The van der Waals surface area contributed by atoms with Crippen LogP contribution in [0, 0.1) is 0 Å². The van der Waals surface area contributed by atoms with Crippen LogP contribution in [0.4, 0.5) is 0 Å². The second-order valence-electron chi connectivity index (χ2n) is 23.5. The Morgan fingerprint density at radius 3 is 0.667 bits per heavy atom. The van der Waals surface area contributed by atoms with Crippen molar-refractivity contribution >= 4 is 17.9 Å². The van der Waals surface area contributed by atoms with E-state index in [-0.39, 0.29) is 31.1 Å².